The first kappa shape index (κ1) is 15.6. The number of ether oxygens (including phenoxy) is 1. The lowest BCUT2D eigenvalue weighted by Crippen LogP contribution is -2.20. The number of hydrogen-bond acceptors (Lipinski definition) is 2. The van der Waals surface area contributed by atoms with Crippen LogP contribution in [-0.2, 0) is 5.41 Å². The summed E-state index contributed by atoms with van der Waals surface area (Å²) in [5.41, 5.74) is 10.0. The quantitative estimate of drug-likeness (QED) is 0.904. The van der Waals surface area contributed by atoms with Gasteiger partial charge in [-0.3, -0.25) is 0 Å². The Morgan fingerprint density at radius 1 is 1.00 bits per heavy atom. The lowest BCUT2D eigenvalue weighted by atomic mass is 9.87. The Morgan fingerprint density at radius 3 is 2.19 bits per heavy atom. The van der Waals surface area contributed by atoms with Crippen LogP contribution in [0.25, 0.3) is 0 Å². The minimum atomic E-state index is -0.103. The average Bonchev–Trinajstić information content (AvgIpc) is 2.45. The first-order valence-corrected chi connectivity index (χ1v) is 7.42. The third-order valence-electron chi connectivity index (χ3n) is 3.74. The van der Waals surface area contributed by atoms with Gasteiger partial charge in [-0.2, -0.15) is 0 Å². The van der Waals surface area contributed by atoms with Crippen molar-refractivity contribution in [3.05, 3.63) is 65.2 Å². The Labute approximate surface area is 127 Å². The highest BCUT2D eigenvalue weighted by molar-refractivity contribution is 5.32. The molecule has 0 heterocycles. The zero-order valence-electron chi connectivity index (χ0n) is 13.4. The van der Waals surface area contributed by atoms with Crippen LogP contribution in [0.5, 0.6) is 5.75 Å². The Bertz CT molecular complexity index is 581. The molecule has 112 valence electrons. The van der Waals surface area contributed by atoms with Crippen molar-refractivity contribution in [3.8, 4) is 5.75 Å². The Balaban J connectivity index is 1.99. The van der Waals surface area contributed by atoms with Crippen LogP contribution in [0.2, 0.25) is 0 Å². The van der Waals surface area contributed by atoms with Crippen LogP contribution < -0.4 is 10.5 Å². The molecule has 0 aliphatic carbocycles. The van der Waals surface area contributed by atoms with Gasteiger partial charge >= 0.3 is 0 Å². The van der Waals surface area contributed by atoms with E-state index in [4.69, 9.17) is 10.5 Å². The van der Waals surface area contributed by atoms with Crippen molar-refractivity contribution in [3.63, 3.8) is 0 Å². The van der Waals surface area contributed by atoms with E-state index in [0.29, 0.717) is 6.61 Å². The molecule has 0 saturated carbocycles. The van der Waals surface area contributed by atoms with Crippen molar-refractivity contribution in [1.82, 2.24) is 0 Å². The SMILES string of the molecule is Cc1ccccc1C(N)COc1ccc(C(C)(C)C)cc1. The van der Waals surface area contributed by atoms with E-state index in [1.165, 1.54) is 11.1 Å². The second-order valence-corrected chi connectivity index (χ2v) is 6.55. The highest BCUT2D eigenvalue weighted by Gasteiger charge is 2.13. The normalized spacial score (nSPS) is 13.0. The number of hydrogen-bond donors (Lipinski definition) is 1. The smallest absolute Gasteiger partial charge is 0.119 e. The molecule has 1 atom stereocenters. The summed E-state index contributed by atoms with van der Waals surface area (Å²) < 4.78 is 5.82. The molecule has 0 fully saturated rings. The van der Waals surface area contributed by atoms with E-state index >= 15 is 0 Å². The average molecular weight is 283 g/mol. The minimum Gasteiger partial charge on any atom is -0.492 e. The standard InChI is InChI=1S/C19H25NO/c1-14-7-5-6-8-17(14)18(20)13-21-16-11-9-15(10-12-16)19(2,3)4/h5-12,18H,13,20H2,1-4H3. The van der Waals surface area contributed by atoms with Crippen LogP contribution in [0.15, 0.2) is 48.5 Å². The fourth-order valence-electron chi connectivity index (χ4n) is 2.33. The second-order valence-electron chi connectivity index (χ2n) is 6.55. The van der Waals surface area contributed by atoms with Gasteiger partial charge in [0, 0.05) is 0 Å². The molecular formula is C19H25NO. The van der Waals surface area contributed by atoms with Crippen molar-refractivity contribution in [2.45, 2.75) is 39.2 Å². The van der Waals surface area contributed by atoms with Gasteiger partial charge in [0.1, 0.15) is 12.4 Å². The molecular weight excluding hydrogens is 258 g/mol. The van der Waals surface area contributed by atoms with Gasteiger partial charge < -0.3 is 10.5 Å². The van der Waals surface area contributed by atoms with Gasteiger partial charge in [-0.15, -0.1) is 0 Å². The minimum absolute atomic E-state index is 0.103. The van der Waals surface area contributed by atoms with Crippen molar-refractivity contribution in [2.75, 3.05) is 6.61 Å². The Morgan fingerprint density at radius 2 is 1.62 bits per heavy atom. The van der Waals surface area contributed by atoms with E-state index in [9.17, 15) is 0 Å². The molecule has 21 heavy (non-hydrogen) atoms. The van der Waals surface area contributed by atoms with Gasteiger partial charge in [-0.05, 0) is 41.2 Å². The first-order valence-electron chi connectivity index (χ1n) is 7.42. The second kappa shape index (κ2) is 6.31. The summed E-state index contributed by atoms with van der Waals surface area (Å²) >= 11 is 0. The molecule has 0 aliphatic rings. The molecule has 0 spiro atoms. The van der Waals surface area contributed by atoms with Gasteiger partial charge in [0.25, 0.3) is 0 Å². The molecule has 2 rings (SSSR count). The van der Waals surface area contributed by atoms with Gasteiger partial charge in [0.15, 0.2) is 0 Å². The van der Waals surface area contributed by atoms with Crippen LogP contribution in [0.1, 0.15) is 43.5 Å². The summed E-state index contributed by atoms with van der Waals surface area (Å²) in [7, 11) is 0. The predicted molar refractivity (Wildman–Crippen MR) is 88.7 cm³/mol. The molecule has 0 saturated heterocycles. The van der Waals surface area contributed by atoms with Crippen LogP contribution in [-0.4, -0.2) is 6.61 Å². The molecule has 0 amide bonds. The van der Waals surface area contributed by atoms with E-state index in [2.05, 4.69) is 52.0 Å². The van der Waals surface area contributed by atoms with Gasteiger partial charge in [0.2, 0.25) is 0 Å². The van der Waals surface area contributed by atoms with E-state index in [1.807, 2.05) is 24.3 Å². The topological polar surface area (TPSA) is 35.2 Å². The lowest BCUT2D eigenvalue weighted by molar-refractivity contribution is 0.290. The van der Waals surface area contributed by atoms with Crippen LogP contribution in [0.4, 0.5) is 0 Å². The predicted octanol–water partition coefficient (Wildman–Crippen LogP) is 4.37. The molecule has 2 nitrogen and oxygen atoms in total. The Kier molecular flexibility index (Phi) is 4.69. The van der Waals surface area contributed by atoms with E-state index in [1.54, 1.807) is 0 Å². The van der Waals surface area contributed by atoms with Crippen molar-refractivity contribution in [1.29, 1.82) is 0 Å². The fourth-order valence-corrected chi connectivity index (χ4v) is 2.33. The van der Waals surface area contributed by atoms with Crippen molar-refractivity contribution < 1.29 is 4.74 Å². The maximum absolute atomic E-state index is 6.22. The highest BCUT2D eigenvalue weighted by atomic mass is 16.5. The lowest BCUT2D eigenvalue weighted by Gasteiger charge is -2.20. The summed E-state index contributed by atoms with van der Waals surface area (Å²) in [6.45, 7) is 9.18. The molecule has 2 heteroatoms. The van der Waals surface area contributed by atoms with Gasteiger partial charge in [0.05, 0.1) is 6.04 Å². The van der Waals surface area contributed by atoms with Crippen molar-refractivity contribution in [2.24, 2.45) is 5.73 Å². The van der Waals surface area contributed by atoms with E-state index < -0.39 is 0 Å². The molecule has 2 aromatic rings. The largest absolute Gasteiger partial charge is 0.492 e. The third kappa shape index (κ3) is 4.08. The third-order valence-corrected chi connectivity index (χ3v) is 3.74. The number of benzene rings is 2. The van der Waals surface area contributed by atoms with Gasteiger partial charge in [-0.25, -0.2) is 0 Å². The van der Waals surface area contributed by atoms with E-state index in [0.717, 1.165) is 11.3 Å². The van der Waals surface area contributed by atoms with Crippen LogP contribution >= 0.6 is 0 Å². The van der Waals surface area contributed by atoms with Crippen molar-refractivity contribution >= 4 is 0 Å². The zero-order chi connectivity index (χ0) is 15.5. The van der Waals surface area contributed by atoms with Crippen LogP contribution in [0, 0.1) is 6.92 Å². The molecule has 0 aliphatic heterocycles. The highest BCUT2D eigenvalue weighted by Crippen LogP contribution is 2.25. The fraction of sp³-hybridized carbons (Fsp3) is 0.368. The van der Waals surface area contributed by atoms with E-state index in [-0.39, 0.29) is 11.5 Å². The number of nitrogens with two attached hydrogens (primary N) is 1. The summed E-state index contributed by atoms with van der Waals surface area (Å²) in [4.78, 5) is 0. The molecule has 0 aromatic heterocycles. The summed E-state index contributed by atoms with van der Waals surface area (Å²) in [6, 6.07) is 16.4. The molecule has 0 radical (unpaired) electrons. The maximum atomic E-state index is 6.22. The molecule has 1 unspecified atom stereocenters. The summed E-state index contributed by atoms with van der Waals surface area (Å²) in [5.74, 6) is 0.868. The molecule has 0 bridgehead atoms. The monoisotopic (exact) mass is 283 g/mol. The van der Waals surface area contributed by atoms with Gasteiger partial charge in [-0.1, -0.05) is 57.2 Å². The zero-order valence-corrected chi connectivity index (χ0v) is 13.4. The Hall–Kier alpha value is -1.80. The van der Waals surface area contributed by atoms with Crippen LogP contribution in [0.3, 0.4) is 0 Å². The maximum Gasteiger partial charge on any atom is 0.119 e. The molecule has 2 N–H and O–H groups in total. The number of aryl methyl sites for hydroxylation is 1. The summed E-state index contributed by atoms with van der Waals surface area (Å²) in [5, 5.41) is 0. The number of rotatable bonds is 4. The molecule has 2 aromatic carbocycles. The summed E-state index contributed by atoms with van der Waals surface area (Å²) in [6.07, 6.45) is 0. The first-order chi connectivity index (χ1) is 9.88.